The molecule has 0 radical (unpaired) electrons. The summed E-state index contributed by atoms with van der Waals surface area (Å²) in [5.74, 6) is 4.12. The highest BCUT2D eigenvalue weighted by molar-refractivity contribution is 5.84. The molecule has 0 bridgehead atoms. The van der Waals surface area contributed by atoms with Crippen LogP contribution in [0.25, 0.3) is 0 Å². The number of Topliss-reactive ketones (excluding diaryl/α,β-unsaturated/α-hetero) is 1. The first kappa shape index (κ1) is 17.1. The highest BCUT2D eigenvalue weighted by Crippen LogP contribution is 2.67. The van der Waals surface area contributed by atoms with Gasteiger partial charge in [0.15, 0.2) is 0 Å². The van der Waals surface area contributed by atoms with E-state index < -0.39 is 0 Å². The number of ketones is 1. The molecule has 0 aromatic carbocycles. The standard InChI is InChI=1S/C22H36O2/c1-5-17-20(23)13-19-16-7-6-14-12-15(24-4)8-10-21(14,2)18(16)9-11-22(17,19)3/h14-19H,5-13H2,1-4H3. The molecule has 8 atom stereocenters. The highest BCUT2D eigenvalue weighted by atomic mass is 16.5. The first-order valence-corrected chi connectivity index (χ1v) is 10.5. The van der Waals surface area contributed by atoms with Crippen molar-refractivity contribution in [2.24, 2.45) is 40.4 Å². The van der Waals surface area contributed by atoms with Crippen molar-refractivity contribution in [1.82, 2.24) is 0 Å². The Morgan fingerprint density at radius 1 is 1.04 bits per heavy atom. The summed E-state index contributed by atoms with van der Waals surface area (Å²) in [6.07, 6.45) is 11.7. The van der Waals surface area contributed by atoms with E-state index in [9.17, 15) is 4.79 Å². The van der Waals surface area contributed by atoms with Gasteiger partial charge < -0.3 is 4.74 Å². The first-order valence-electron chi connectivity index (χ1n) is 10.5. The molecule has 4 saturated carbocycles. The molecule has 0 aliphatic heterocycles. The normalized spacial score (nSPS) is 54.1. The number of ether oxygens (including phenoxy) is 1. The van der Waals surface area contributed by atoms with Crippen molar-refractivity contribution in [3.8, 4) is 0 Å². The fourth-order valence-corrected chi connectivity index (χ4v) is 8.02. The summed E-state index contributed by atoms with van der Waals surface area (Å²) in [6.45, 7) is 7.28. The van der Waals surface area contributed by atoms with Crippen molar-refractivity contribution in [3.05, 3.63) is 0 Å². The molecule has 0 N–H and O–H groups in total. The predicted octanol–water partition coefficient (Wildman–Crippen LogP) is 5.25. The van der Waals surface area contributed by atoms with Gasteiger partial charge in [0.1, 0.15) is 5.78 Å². The van der Waals surface area contributed by atoms with Gasteiger partial charge in [-0.05, 0) is 85.9 Å². The number of fused-ring (bicyclic) bond motifs is 5. The minimum absolute atomic E-state index is 0.305. The van der Waals surface area contributed by atoms with Gasteiger partial charge in [0.05, 0.1) is 6.10 Å². The van der Waals surface area contributed by atoms with Crippen LogP contribution in [0.3, 0.4) is 0 Å². The second kappa shape index (κ2) is 5.83. The number of methoxy groups -OCH3 is 1. The molecular weight excluding hydrogens is 296 g/mol. The molecule has 4 rings (SSSR count). The molecular formula is C22H36O2. The summed E-state index contributed by atoms with van der Waals surface area (Å²) in [7, 11) is 1.89. The Morgan fingerprint density at radius 3 is 2.50 bits per heavy atom. The van der Waals surface area contributed by atoms with Crippen LogP contribution in [0, 0.1) is 40.4 Å². The summed E-state index contributed by atoms with van der Waals surface area (Å²) in [5.41, 5.74) is 0.812. The van der Waals surface area contributed by atoms with Gasteiger partial charge in [-0.15, -0.1) is 0 Å². The largest absolute Gasteiger partial charge is 0.381 e. The van der Waals surface area contributed by atoms with E-state index in [2.05, 4.69) is 20.8 Å². The van der Waals surface area contributed by atoms with Crippen LogP contribution in [-0.2, 0) is 9.53 Å². The Kier molecular flexibility index (Phi) is 4.14. The third-order valence-corrected chi connectivity index (χ3v) is 9.40. The fraction of sp³-hybridized carbons (Fsp3) is 0.955. The molecule has 4 aliphatic rings. The van der Waals surface area contributed by atoms with Crippen LogP contribution in [0.2, 0.25) is 0 Å². The van der Waals surface area contributed by atoms with E-state index in [-0.39, 0.29) is 0 Å². The van der Waals surface area contributed by atoms with Crippen molar-refractivity contribution >= 4 is 5.78 Å². The summed E-state index contributed by atoms with van der Waals surface area (Å²) in [5, 5.41) is 0. The average Bonchev–Trinajstić information content (AvgIpc) is 2.83. The van der Waals surface area contributed by atoms with Gasteiger partial charge in [0.2, 0.25) is 0 Å². The molecule has 2 nitrogen and oxygen atoms in total. The molecule has 136 valence electrons. The number of carbonyl (C=O) groups excluding carboxylic acids is 1. The molecule has 24 heavy (non-hydrogen) atoms. The molecule has 8 unspecified atom stereocenters. The SMILES string of the molecule is CCC1C(=O)CC2C3CCC4CC(OC)CCC4(C)C3CCC12C. The quantitative estimate of drug-likeness (QED) is 0.690. The van der Waals surface area contributed by atoms with Crippen molar-refractivity contribution in [2.45, 2.75) is 84.7 Å². The predicted molar refractivity (Wildman–Crippen MR) is 96.7 cm³/mol. The van der Waals surface area contributed by atoms with E-state index in [0.717, 1.165) is 30.6 Å². The minimum atomic E-state index is 0.305. The van der Waals surface area contributed by atoms with Crippen LogP contribution in [0.15, 0.2) is 0 Å². The van der Waals surface area contributed by atoms with E-state index in [0.29, 0.717) is 34.6 Å². The Hall–Kier alpha value is -0.370. The van der Waals surface area contributed by atoms with Gasteiger partial charge in [-0.25, -0.2) is 0 Å². The highest BCUT2D eigenvalue weighted by Gasteiger charge is 2.61. The van der Waals surface area contributed by atoms with Gasteiger partial charge in [0, 0.05) is 19.4 Å². The molecule has 0 heterocycles. The molecule has 0 saturated heterocycles. The molecule has 0 spiro atoms. The Bertz CT molecular complexity index is 514. The Labute approximate surface area is 148 Å². The van der Waals surface area contributed by atoms with Crippen molar-refractivity contribution in [1.29, 1.82) is 0 Å². The van der Waals surface area contributed by atoms with Crippen molar-refractivity contribution in [3.63, 3.8) is 0 Å². The molecule has 0 amide bonds. The van der Waals surface area contributed by atoms with Gasteiger partial charge in [-0.1, -0.05) is 20.8 Å². The third-order valence-electron chi connectivity index (χ3n) is 9.40. The maximum Gasteiger partial charge on any atom is 0.136 e. The molecule has 0 aromatic rings. The lowest BCUT2D eigenvalue weighted by molar-refractivity contribution is -0.131. The van der Waals surface area contributed by atoms with E-state index >= 15 is 0 Å². The smallest absolute Gasteiger partial charge is 0.136 e. The number of rotatable bonds is 2. The van der Waals surface area contributed by atoms with E-state index in [4.69, 9.17) is 4.74 Å². The van der Waals surface area contributed by atoms with Crippen LogP contribution in [0.4, 0.5) is 0 Å². The summed E-state index contributed by atoms with van der Waals surface area (Å²) < 4.78 is 5.70. The zero-order valence-corrected chi connectivity index (χ0v) is 16.1. The van der Waals surface area contributed by atoms with E-state index in [1.807, 2.05) is 7.11 Å². The zero-order valence-electron chi connectivity index (χ0n) is 16.1. The molecule has 2 heteroatoms. The number of hydrogen-bond donors (Lipinski definition) is 0. The van der Waals surface area contributed by atoms with Gasteiger partial charge in [-0.3, -0.25) is 4.79 Å². The maximum atomic E-state index is 12.7. The van der Waals surface area contributed by atoms with Crippen LogP contribution in [0.1, 0.15) is 78.6 Å². The topological polar surface area (TPSA) is 26.3 Å². The maximum absolute atomic E-state index is 12.7. The second-order valence-electron chi connectivity index (χ2n) is 9.96. The molecule has 0 aromatic heterocycles. The second-order valence-corrected chi connectivity index (χ2v) is 9.96. The Balaban J connectivity index is 1.60. The Morgan fingerprint density at radius 2 is 1.79 bits per heavy atom. The summed E-state index contributed by atoms with van der Waals surface area (Å²) >= 11 is 0. The van der Waals surface area contributed by atoms with E-state index in [1.165, 1.54) is 44.9 Å². The fourth-order valence-electron chi connectivity index (χ4n) is 8.02. The van der Waals surface area contributed by atoms with Gasteiger partial charge in [-0.2, -0.15) is 0 Å². The van der Waals surface area contributed by atoms with Crippen molar-refractivity contribution < 1.29 is 9.53 Å². The lowest BCUT2D eigenvalue weighted by Gasteiger charge is -2.60. The molecule has 4 fully saturated rings. The summed E-state index contributed by atoms with van der Waals surface area (Å²) in [4.78, 5) is 12.7. The molecule has 4 aliphatic carbocycles. The number of hydrogen-bond acceptors (Lipinski definition) is 2. The van der Waals surface area contributed by atoms with Gasteiger partial charge >= 0.3 is 0 Å². The third kappa shape index (κ3) is 2.20. The van der Waals surface area contributed by atoms with E-state index in [1.54, 1.807) is 0 Å². The number of carbonyl (C=O) groups is 1. The lowest BCUT2D eigenvalue weighted by Crippen LogP contribution is -2.54. The van der Waals surface area contributed by atoms with Crippen LogP contribution in [0.5, 0.6) is 0 Å². The first-order chi connectivity index (χ1) is 11.4. The minimum Gasteiger partial charge on any atom is -0.381 e. The van der Waals surface area contributed by atoms with Crippen LogP contribution >= 0.6 is 0 Å². The lowest BCUT2D eigenvalue weighted by atomic mass is 9.44. The summed E-state index contributed by atoms with van der Waals surface area (Å²) in [6, 6.07) is 0. The average molecular weight is 333 g/mol. The monoisotopic (exact) mass is 332 g/mol. The van der Waals surface area contributed by atoms with Crippen molar-refractivity contribution in [2.75, 3.05) is 7.11 Å². The van der Waals surface area contributed by atoms with Crippen LogP contribution < -0.4 is 0 Å². The van der Waals surface area contributed by atoms with Gasteiger partial charge in [0.25, 0.3) is 0 Å². The zero-order chi connectivity index (χ0) is 17.1. The van der Waals surface area contributed by atoms with Crippen LogP contribution in [-0.4, -0.2) is 19.0 Å².